The molecule has 0 unspecified atom stereocenters. The summed E-state index contributed by atoms with van der Waals surface area (Å²) in [4.78, 5) is 10.8. The molecular weight excluding hydrogens is 204 g/mol. The molecule has 0 radical (unpaired) electrons. The second-order valence-electron chi connectivity index (χ2n) is 2.78. The van der Waals surface area contributed by atoms with Crippen molar-refractivity contribution < 1.29 is 14.3 Å². The Morgan fingerprint density at radius 3 is 2.79 bits per heavy atom. The van der Waals surface area contributed by atoms with Crippen molar-refractivity contribution in [1.29, 1.82) is 0 Å². The van der Waals surface area contributed by atoms with Gasteiger partial charge in [-0.1, -0.05) is 17.7 Å². The summed E-state index contributed by atoms with van der Waals surface area (Å²) in [5.74, 6) is 0.146. The van der Waals surface area contributed by atoms with Gasteiger partial charge in [-0.05, 0) is 24.6 Å². The van der Waals surface area contributed by atoms with Gasteiger partial charge in [-0.3, -0.25) is 0 Å². The number of methoxy groups -OCH3 is 1. The van der Waals surface area contributed by atoms with Crippen molar-refractivity contribution in [2.45, 2.75) is 6.92 Å². The Balaban J connectivity index is 2.60. The lowest BCUT2D eigenvalue weighted by Gasteiger charge is -2.05. The van der Waals surface area contributed by atoms with Crippen molar-refractivity contribution in [2.24, 2.45) is 0 Å². The largest absolute Gasteiger partial charge is 0.482 e. The molecule has 0 saturated carbocycles. The van der Waals surface area contributed by atoms with Gasteiger partial charge in [-0.2, -0.15) is 0 Å². The Labute approximate surface area is 87.6 Å². The minimum Gasteiger partial charge on any atom is -0.482 e. The number of aryl methyl sites for hydroxylation is 1. The molecule has 0 aliphatic rings. The van der Waals surface area contributed by atoms with Gasteiger partial charge in [-0.15, -0.1) is 0 Å². The predicted molar refractivity (Wildman–Crippen MR) is 53.7 cm³/mol. The predicted octanol–water partition coefficient (Wildman–Crippen LogP) is 2.20. The third-order valence-electron chi connectivity index (χ3n) is 1.73. The molecule has 0 saturated heterocycles. The van der Waals surface area contributed by atoms with Crippen LogP contribution in [0.5, 0.6) is 5.75 Å². The molecule has 4 heteroatoms. The number of benzene rings is 1. The molecule has 1 aromatic carbocycles. The molecule has 0 N–H and O–H groups in total. The second kappa shape index (κ2) is 4.86. The van der Waals surface area contributed by atoms with Crippen molar-refractivity contribution in [3.63, 3.8) is 0 Å². The lowest BCUT2D eigenvalue weighted by Crippen LogP contribution is -2.12. The summed E-state index contributed by atoms with van der Waals surface area (Å²) in [6, 6.07) is 5.25. The molecule has 0 aromatic heterocycles. The fraction of sp³-hybridized carbons (Fsp3) is 0.300. The summed E-state index contributed by atoms with van der Waals surface area (Å²) in [5.41, 5.74) is 0.970. The van der Waals surface area contributed by atoms with Gasteiger partial charge in [0.15, 0.2) is 6.61 Å². The number of rotatable bonds is 3. The van der Waals surface area contributed by atoms with Crippen LogP contribution in [0.15, 0.2) is 18.2 Å². The third-order valence-corrected chi connectivity index (χ3v) is 2.13. The summed E-state index contributed by atoms with van der Waals surface area (Å²) in [7, 11) is 1.31. The molecule has 0 atom stereocenters. The highest BCUT2D eigenvalue weighted by Gasteiger charge is 2.02. The molecule has 1 aromatic rings. The highest BCUT2D eigenvalue weighted by atomic mass is 35.5. The molecule has 3 nitrogen and oxygen atoms in total. The maximum atomic E-state index is 10.8. The smallest absolute Gasteiger partial charge is 0.343 e. The summed E-state index contributed by atoms with van der Waals surface area (Å²) in [6.07, 6.45) is 0. The number of hydrogen-bond acceptors (Lipinski definition) is 3. The van der Waals surface area contributed by atoms with Crippen molar-refractivity contribution in [2.75, 3.05) is 13.7 Å². The van der Waals surface area contributed by atoms with E-state index in [1.54, 1.807) is 12.1 Å². The molecule has 0 aliphatic carbocycles. The van der Waals surface area contributed by atoms with Crippen LogP contribution < -0.4 is 4.74 Å². The first-order chi connectivity index (χ1) is 6.63. The van der Waals surface area contributed by atoms with E-state index in [0.717, 1.165) is 5.56 Å². The van der Waals surface area contributed by atoms with E-state index < -0.39 is 5.97 Å². The highest BCUT2D eigenvalue weighted by molar-refractivity contribution is 6.31. The average molecular weight is 215 g/mol. The molecule has 76 valence electrons. The number of carbonyl (C=O) groups excluding carboxylic acids is 1. The summed E-state index contributed by atoms with van der Waals surface area (Å²) >= 11 is 5.87. The van der Waals surface area contributed by atoms with Gasteiger partial charge in [0.25, 0.3) is 0 Å². The lowest BCUT2D eigenvalue weighted by molar-refractivity contribution is -0.142. The monoisotopic (exact) mass is 214 g/mol. The lowest BCUT2D eigenvalue weighted by atomic mass is 10.2. The highest BCUT2D eigenvalue weighted by Crippen LogP contribution is 2.21. The van der Waals surface area contributed by atoms with Gasteiger partial charge < -0.3 is 9.47 Å². The first kappa shape index (κ1) is 10.9. The van der Waals surface area contributed by atoms with Crippen molar-refractivity contribution in [1.82, 2.24) is 0 Å². The van der Waals surface area contributed by atoms with Gasteiger partial charge >= 0.3 is 5.97 Å². The van der Waals surface area contributed by atoms with Crippen LogP contribution in [0.1, 0.15) is 5.56 Å². The number of hydrogen-bond donors (Lipinski definition) is 0. The van der Waals surface area contributed by atoms with Crippen LogP contribution in [-0.4, -0.2) is 19.7 Å². The second-order valence-corrected chi connectivity index (χ2v) is 3.18. The van der Waals surface area contributed by atoms with Crippen molar-refractivity contribution >= 4 is 17.6 Å². The average Bonchev–Trinajstić information content (AvgIpc) is 2.19. The molecule has 1 rings (SSSR count). The fourth-order valence-corrected chi connectivity index (χ4v) is 1.04. The number of halogens is 1. The Bertz CT molecular complexity index is 336. The zero-order valence-electron chi connectivity index (χ0n) is 8.04. The van der Waals surface area contributed by atoms with Crippen molar-refractivity contribution in [3.8, 4) is 5.75 Å². The fourth-order valence-electron chi connectivity index (χ4n) is 0.865. The van der Waals surface area contributed by atoms with Crippen LogP contribution in [0.25, 0.3) is 0 Å². The van der Waals surface area contributed by atoms with E-state index in [-0.39, 0.29) is 6.61 Å². The van der Waals surface area contributed by atoms with E-state index in [0.29, 0.717) is 10.8 Å². The number of esters is 1. The van der Waals surface area contributed by atoms with Gasteiger partial charge in [-0.25, -0.2) is 4.79 Å². The SMILES string of the molecule is COC(=O)COc1ccc(C)c(Cl)c1. The van der Waals surface area contributed by atoms with E-state index in [1.165, 1.54) is 7.11 Å². The van der Waals surface area contributed by atoms with Crippen molar-refractivity contribution in [3.05, 3.63) is 28.8 Å². The molecule has 0 aliphatic heterocycles. The van der Waals surface area contributed by atoms with Crippen LogP contribution in [0.2, 0.25) is 5.02 Å². The number of carbonyl (C=O) groups is 1. The van der Waals surface area contributed by atoms with Crippen LogP contribution >= 0.6 is 11.6 Å². The van der Waals surface area contributed by atoms with Crippen LogP contribution in [0.4, 0.5) is 0 Å². The molecule has 14 heavy (non-hydrogen) atoms. The van der Waals surface area contributed by atoms with Crippen LogP contribution in [0.3, 0.4) is 0 Å². The molecule has 0 fully saturated rings. The summed E-state index contributed by atoms with van der Waals surface area (Å²) in [6.45, 7) is 1.79. The standard InChI is InChI=1S/C10H11ClO3/c1-7-3-4-8(5-9(7)11)14-6-10(12)13-2/h3-5H,6H2,1-2H3. The van der Waals surface area contributed by atoms with Gasteiger partial charge in [0, 0.05) is 5.02 Å². The first-order valence-electron chi connectivity index (χ1n) is 4.09. The van der Waals surface area contributed by atoms with Crippen LogP contribution in [0, 0.1) is 6.92 Å². The molecular formula is C10H11ClO3. The molecule has 0 heterocycles. The van der Waals surface area contributed by atoms with E-state index in [1.807, 2.05) is 13.0 Å². The maximum absolute atomic E-state index is 10.8. The number of ether oxygens (including phenoxy) is 2. The van der Waals surface area contributed by atoms with E-state index in [2.05, 4.69) is 4.74 Å². The zero-order valence-corrected chi connectivity index (χ0v) is 8.80. The van der Waals surface area contributed by atoms with Gasteiger partial charge in [0.05, 0.1) is 7.11 Å². The third kappa shape index (κ3) is 2.92. The minimum atomic E-state index is -0.415. The normalized spacial score (nSPS) is 9.64. The Kier molecular flexibility index (Phi) is 3.77. The Morgan fingerprint density at radius 2 is 2.21 bits per heavy atom. The van der Waals surface area contributed by atoms with E-state index in [4.69, 9.17) is 16.3 Å². The van der Waals surface area contributed by atoms with Gasteiger partial charge in [0.2, 0.25) is 0 Å². The zero-order chi connectivity index (χ0) is 10.6. The maximum Gasteiger partial charge on any atom is 0.343 e. The molecule has 0 bridgehead atoms. The molecule has 0 spiro atoms. The van der Waals surface area contributed by atoms with E-state index in [9.17, 15) is 4.79 Å². The van der Waals surface area contributed by atoms with E-state index >= 15 is 0 Å². The molecule has 0 amide bonds. The Morgan fingerprint density at radius 1 is 1.50 bits per heavy atom. The van der Waals surface area contributed by atoms with Gasteiger partial charge in [0.1, 0.15) is 5.75 Å². The van der Waals surface area contributed by atoms with Crippen LogP contribution in [-0.2, 0) is 9.53 Å². The minimum absolute atomic E-state index is 0.101. The Hall–Kier alpha value is -1.22. The topological polar surface area (TPSA) is 35.5 Å². The first-order valence-corrected chi connectivity index (χ1v) is 4.47. The summed E-state index contributed by atoms with van der Waals surface area (Å²) in [5, 5.41) is 0.618. The quantitative estimate of drug-likeness (QED) is 0.724. The summed E-state index contributed by atoms with van der Waals surface area (Å²) < 4.78 is 9.56.